The van der Waals surface area contributed by atoms with E-state index < -0.39 is 0 Å². The summed E-state index contributed by atoms with van der Waals surface area (Å²) in [5.41, 5.74) is 1.95. The molecule has 2 aromatic rings. The Morgan fingerprint density at radius 3 is 2.67 bits per heavy atom. The Kier molecular flexibility index (Phi) is 8.64. The SMILES string of the molecule is CC(C)Cc1ccc(C(=O)CCC(=O)NCC2CCCN(Cc3cccs3)C2)cc1. The molecule has 0 saturated carbocycles. The molecule has 0 spiro atoms. The van der Waals surface area contributed by atoms with Gasteiger partial charge in [0.2, 0.25) is 5.91 Å². The Bertz CT molecular complexity index is 799. The fourth-order valence-corrected chi connectivity index (χ4v) is 4.85. The van der Waals surface area contributed by atoms with Crippen LogP contribution in [0, 0.1) is 11.8 Å². The molecule has 3 rings (SSSR count). The summed E-state index contributed by atoms with van der Waals surface area (Å²) in [6.45, 7) is 8.25. The molecule has 1 saturated heterocycles. The first kappa shape index (κ1) is 22.7. The number of nitrogens with zero attached hydrogens (tertiary/aromatic N) is 1. The van der Waals surface area contributed by atoms with E-state index in [0.29, 0.717) is 23.9 Å². The number of rotatable bonds is 10. The molecule has 4 nitrogen and oxygen atoms in total. The number of ketones is 1. The molecule has 0 bridgehead atoms. The van der Waals surface area contributed by atoms with Crippen molar-refractivity contribution in [1.29, 1.82) is 0 Å². The Balaban J connectivity index is 1.36. The van der Waals surface area contributed by atoms with Crippen LogP contribution in [0.3, 0.4) is 0 Å². The summed E-state index contributed by atoms with van der Waals surface area (Å²) >= 11 is 1.80. The number of hydrogen-bond acceptors (Lipinski definition) is 4. The van der Waals surface area contributed by atoms with Crippen LogP contribution in [0.1, 0.15) is 60.3 Å². The van der Waals surface area contributed by atoms with Crippen LogP contribution in [0.4, 0.5) is 0 Å². The molecule has 1 aromatic carbocycles. The first-order chi connectivity index (χ1) is 14.5. The minimum absolute atomic E-state index is 0.0184. The van der Waals surface area contributed by atoms with Crippen LogP contribution in [-0.2, 0) is 17.8 Å². The second-order valence-corrected chi connectivity index (χ2v) is 9.88. The molecule has 0 radical (unpaired) electrons. The molecule has 0 aliphatic carbocycles. The highest BCUT2D eigenvalue weighted by Gasteiger charge is 2.21. The number of Topliss-reactive ketones (excluding diaryl/α,β-unsaturated/α-hetero) is 1. The molecule has 1 atom stereocenters. The van der Waals surface area contributed by atoms with Crippen molar-refractivity contribution in [2.45, 2.75) is 52.5 Å². The van der Waals surface area contributed by atoms with Crippen molar-refractivity contribution in [2.75, 3.05) is 19.6 Å². The van der Waals surface area contributed by atoms with Crippen molar-refractivity contribution in [1.82, 2.24) is 10.2 Å². The molecule has 1 amide bonds. The predicted molar refractivity (Wildman–Crippen MR) is 124 cm³/mol. The zero-order valence-corrected chi connectivity index (χ0v) is 19.0. The molecular formula is C25H34N2O2S. The van der Waals surface area contributed by atoms with Gasteiger partial charge in [-0.05, 0) is 54.7 Å². The van der Waals surface area contributed by atoms with Crippen LogP contribution in [0.5, 0.6) is 0 Å². The lowest BCUT2D eigenvalue weighted by Gasteiger charge is -2.32. The van der Waals surface area contributed by atoms with E-state index in [0.717, 1.165) is 32.5 Å². The smallest absolute Gasteiger partial charge is 0.220 e. The van der Waals surface area contributed by atoms with Crippen LogP contribution in [0.15, 0.2) is 41.8 Å². The summed E-state index contributed by atoms with van der Waals surface area (Å²) < 4.78 is 0. The summed E-state index contributed by atoms with van der Waals surface area (Å²) in [7, 11) is 0. The van der Waals surface area contributed by atoms with Gasteiger partial charge in [-0.25, -0.2) is 0 Å². The van der Waals surface area contributed by atoms with Gasteiger partial charge in [0.15, 0.2) is 5.78 Å². The third-order valence-corrected chi connectivity index (χ3v) is 6.51. The third kappa shape index (κ3) is 7.37. The van der Waals surface area contributed by atoms with Gasteiger partial charge >= 0.3 is 0 Å². The van der Waals surface area contributed by atoms with E-state index in [1.54, 1.807) is 11.3 Å². The average Bonchev–Trinajstić information content (AvgIpc) is 3.24. The molecule has 1 aromatic heterocycles. The number of carbonyl (C=O) groups is 2. The lowest BCUT2D eigenvalue weighted by molar-refractivity contribution is -0.121. The molecule has 5 heteroatoms. The quantitative estimate of drug-likeness (QED) is 0.548. The molecule has 2 heterocycles. The van der Waals surface area contributed by atoms with Crippen molar-refractivity contribution in [2.24, 2.45) is 11.8 Å². The minimum atomic E-state index is -0.0184. The molecule has 1 N–H and O–H groups in total. The van der Waals surface area contributed by atoms with Crippen LogP contribution in [0.2, 0.25) is 0 Å². The summed E-state index contributed by atoms with van der Waals surface area (Å²) in [5.74, 6) is 1.12. The van der Waals surface area contributed by atoms with Crippen molar-refractivity contribution in [3.8, 4) is 0 Å². The Morgan fingerprint density at radius 2 is 1.97 bits per heavy atom. The molecule has 1 unspecified atom stereocenters. The molecule has 162 valence electrons. The van der Waals surface area contributed by atoms with Gasteiger partial charge in [0, 0.05) is 42.9 Å². The van der Waals surface area contributed by atoms with Gasteiger partial charge in [0.25, 0.3) is 0 Å². The maximum Gasteiger partial charge on any atom is 0.220 e. The number of piperidine rings is 1. The number of thiophene rings is 1. The Labute approximate surface area is 184 Å². The summed E-state index contributed by atoms with van der Waals surface area (Å²) in [4.78, 5) is 28.5. The number of amides is 1. The highest BCUT2D eigenvalue weighted by atomic mass is 32.1. The third-order valence-electron chi connectivity index (χ3n) is 5.65. The maximum atomic E-state index is 12.4. The normalized spacial score (nSPS) is 17.2. The number of carbonyl (C=O) groups excluding carboxylic acids is 2. The van der Waals surface area contributed by atoms with Gasteiger partial charge < -0.3 is 5.32 Å². The number of likely N-dealkylation sites (tertiary alicyclic amines) is 1. The molecule has 1 aliphatic heterocycles. The zero-order chi connectivity index (χ0) is 21.3. The van der Waals surface area contributed by atoms with Crippen molar-refractivity contribution < 1.29 is 9.59 Å². The standard InChI is InChI=1S/C25H34N2O2S/c1-19(2)15-20-7-9-22(10-8-20)24(28)11-12-25(29)26-16-21-5-3-13-27(17-21)18-23-6-4-14-30-23/h4,6-10,14,19,21H,3,5,11-13,15-18H2,1-2H3,(H,26,29). The van der Waals surface area contributed by atoms with E-state index in [-0.39, 0.29) is 24.5 Å². The van der Waals surface area contributed by atoms with Crippen LogP contribution < -0.4 is 5.32 Å². The van der Waals surface area contributed by atoms with Crippen LogP contribution in [0.25, 0.3) is 0 Å². The summed E-state index contributed by atoms with van der Waals surface area (Å²) in [6.07, 6.45) is 3.88. The lowest BCUT2D eigenvalue weighted by Crippen LogP contribution is -2.40. The first-order valence-corrected chi connectivity index (χ1v) is 12.0. The minimum Gasteiger partial charge on any atom is -0.356 e. The van der Waals surface area contributed by atoms with Gasteiger partial charge in [-0.1, -0.05) is 44.2 Å². The topological polar surface area (TPSA) is 49.4 Å². The predicted octanol–water partition coefficient (Wildman–Crippen LogP) is 4.94. The van der Waals surface area contributed by atoms with E-state index >= 15 is 0 Å². The second-order valence-electron chi connectivity index (χ2n) is 8.84. The zero-order valence-electron chi connectivity index (χ0n) is 18.2. The van der Waals surface area contributed by atoms with E-state index in [4.69, 9.17) is 0 Å². The molecule has 1 aliphatic rings. The highest BCUT2D eigenvalue weighted by molar-refractivity contribution is 7.09. The van der Waals surface area contributed by atoms with Crippen LogP contribution in [-0.4, -0.2) is 36.2 Å². The second kappa shape index (κ2) is 11.4. The van der Waals surface area contributed by atoms with Crippen molar-refractivity contribution in [3.05, 3.63) is 57.8 Å². The van der Waals surface area contributed by atoms with Gasteiger partial charge in [-0.2, -0.15) is 0 Å². The van der Waals surface area contributed by atoms with Gasteiger partial charge in [0.1, 0.15) is 0 Å². The van der Waals surface area contributed by atoms with Gasteiger partial charge in [0.05, 0.1) is 0 Å². The first-order valence-electron chi connectivity index (χ1n) is 11.1. The maximum absolute atomic E-state index is 12.4. The van der Waals surface area contributed by atoms with E-state index in [1.165, 1.54) is 16.9 Å². The lowest BCUT2D eigenvalue weighted by atomic mass is 9.97. The monoisotopic (exact) mass is 426 g/mol. The molecule has 1 fully saturated rings. The molecular weight excluding hydrogens is 392 g/mol. The van der Waals surface area contributed by atoms with Crippen molar-refractivity contribution in [3.63, 3.8) is 0 Å². The Morgan fingerprint density at radius 1 is 1.17 bits per heavy atom. The fraction of sp³-hybridized carbons (Fsp3) is 0.520. The molecule has 30 heavy (non-hydrogen) atoms. The van der Waals surface area contributed by atoms with Gasteiger partial charge in [-0.15, -0.1) is 11.3 Å². The largest absolute Gasteiger partial charge is 0.356 e. The Hall–Kier alpha value is -1.98. The average molecular weight is 427 g/mol. The number of hydrogen-bond donors (Lipinski definition) is 1. The van der Waals surface area contributed by atoms with Gasteiger partial charge in [-0.3, -0.25) is 14.5 Å². The van der Waals surface area contributed by atoms with E-state index in [2.05, 4.69) is 41.6 Å². The number of benzene rings is 1. The van der Waals surface area contributed by atoms with E-state index in [9.17, 15) is 9.59 Å². The van der Waals surface area contributed by atoms with E-state index in [1.807, 2.05) is 24.3 Å². The van der Waals surface area contributed by atoms with Crippen molar-refractivity contribution >= 4 is 23.0 Å². The number of nitrogens with one attached hydrogen (secondary N) is 1. The summed E-state index contributed by atoms with van der Waals surface area (Å²) in [5, 5.41) is 5.18. The highest BCUT2D eigenvalue weighted by Crippen LogP contribution is 2.20. The summed E-state index contributed by atoms with van der Waals surface area (Å²) in [6, 6.07) is 12.1. The fourth-order valence-electron chi connectivity index (χ4n) is 4.10. The van der Waals surface area contributed by atoms with Crippen LogP contribution >= 0.6 is 11.3 Å².